The third kappa shape index (κ3) is 7.75. The van der Waals surface area contributed by atoms with Gasteiger partial charge >= 0.3 is 0 Å². The van der Waals surface area contributed by atoms with E-state index in [1.165, 1.54) is 19.3 Å². The molecule has 1 aliphatic carbocycles. The van der Waals surface area contributed by atoms with Crippen molar-refractivity contribution in [3.05, 3.63) is 34.9 Å². The Morgan fingerprint density at radius 1 is 1.12 bits per heavy atom. The van der Waals surface area contributed by atoms with Gasteiger partial charge in [0.1, 0.15) is 0 Å². The molecule has 7 heteroatoms. The Balaban J connectivity index is 2.01. The van der Waals surface area contributed by atoms with E-state index < -0.39 is 16.1 Å². The van der Waals surface area contributed by atoms with Gasteiger partial charge in [-0.1, -0.05) is 55.8 Å². The van der Waals surface area contributed by atoms with Crippen LogP contribution in [0.2, 0.25) is 5.02 Å². The first-order valence-corrected chi connectivity index (χ1v) is 11.1. The average Bonchev–Trinajstić information content (AvgIpc) is 2.48. The topological polar surface area (TPSA) is 75.3 Å². The molecule has 140 valence electrons. The second kappa shape index (κ2) is 9.55. The lowest BCUT2D eigenvalue weighted by Gasteiger charge is -2.23. The Morgan fingerprint density at radius 2 is 1.68 bits per heavy atom. The van der Waals surface area contributed by atoms with Crippen LogP contribution in [0.15, 0.2) is 24.3 Å². The van der Waals surface area contributed by atoms with Gasteiger partial charge in [-0.05, 0) is 30.5 Å². The van der Waals surface area contributed by atoms with Crippen molar-refractivity contribution in [2.75, 3.05) is 6.26 Å². The quantitative estimate of drug-likeness (QED) is 0.784. The maximum Gasteiger partial charge on any atom is 0.222 e. The fourth-order valence-corrected chi connectivity index (χ4v) is 4.12. The molecule has 2 N–H and O–H groups in total. The molecule has 0 bridgehead atoms. The lowest BCUT2D eigenvalue weighted by atomic mass is 9.96. The van der Waals surface area contributed by atoms with Gasteiger partial charge in [0.15, 0.2) is 0 Å². The van der Waals surface area contributed by atoms with Crippen molar-refractivity contribution in [2.45, 2.75) is 63.5 Å². The number of hydrogen-bond donors (Lipinski definition) is 2. The smallest absolute Gasteiger partial charge is 0.222 e. The molecule has 1 atom stereocenters. The SMILES string of the molecule is CS(=O)(=O)N[C@@H](CC(=O)NC1CCCCCCC1)c1ccc(Cl)cc1. The Bertz CT molecular complexity index is 653. The highest BCUT2D eigenvalue weighted by Crippen LogP contribution is 2.21. The Kier molecular flexibility index (Phi) is 7.72. The van der Waals surface area contributed by atoms with Crippen molar-refractivity contribution in [2.24, 2.45) is 0 Å². The Hall–Kier alpha value is -1.11. The molecular weight excluding hydrogens is 360 g/mol. The van der Waals surface area contributed by atoms with Crippen molar-refractivity contribution in [1.82, 2.24) is 10.0 Å². The van der Waals surface area contributed by atoms with Gasteiger partial charge in [-0.2, -0.15) is 0 Å². The van der Waals surface area contributed by atoms with Crippen LogP contribution in [0.25, 0.3) is 0 Å². The van der Waals surface area contributed by atoms with E-state index in [0.29, 0.717) is 5.02 Å². The molecule has 0 unspecified atom stereocenters. The van der Waals surface area contributed by atoms with Gasteiger partial charge in [-0.3, -0.25) is 4.79 Å². The predicted octanol–water partition coefficient (Wildman–Crippen LogP) is 3.55. The number of benzene rings is 1. The molecule has 1 aromatic rings. The summed E-state index contributed by atoms with van der Waals surface area (Å²) in [7, 11) is -3.43. The molecule has 0 aromatic heterocycles. The van der Waals surface area contributed by atoms with Crippen molar-refractivity contribution >= 4 is 27.5 Å². The Morgan fingerprint density at radius 3 is 2.24 bits per heavy atom. The second-order valence-electron chi connectivity index (χ2n) is 6.81. The number of amides is 1. The highest BCUT2D eigenvalue weighted by atomic mass is 35.5. The number of hydrogen-bond acceptors (Lipinski definition) is 3. The molecule has 5 nitrogen and oxygen atoms in total. The lowest BCUT2D eigenvalue weighted by molar-refractivity contribution is -0.122. The van der Waals surface area contributed by atoms with E-state index >= 15 is 0 Å². The molecule has 0 heterocycles. The first-order chi connectivity index (χ1) is 11.8. The van der Waals surface area contributed by atoms with Crippen LogP contribution in [-0.4, -0.2) is 26.6 Å². The van der Waals surface area contributed by atoms with Crippen LogP contribution in [0.5, 0.6) is 0 Å². The molecule has 1 aromatic carbocycles. The molecule has 1 amide bonds. The van der Waals surface area contributed by atoms with Gasteiger partial charge in [0.05, 0.1) is 12.3 Å². The summed E-state index contributed by atoms with van der Waals surface area (Å²) in [6, 6.07) is 6.47. The van der Waals surface area contributed by atoms with Gasteiger partial charge in [-0.25, -0.2) is 13.1 Å². The van der Waals surface area contributed by atoms with E-state index in [2.05, 4.69) is 10.0 Å². The summed E-state index contributed by atoms with van der Waals surface area (Å²) in [5.41, 5.74) is 0.725. The van der Waals surface area contributed by atoms with Crippen LogP contribution in [0.4, 0.5) is 0 Å². The van der Waals surface area contributed by atoms with E-state index in [1.807, 2.05) is 0 Å². The van der Waals surface area contributed by atoms with E-state index in [1.54, 1.807) is 24.3 Å². The maximum atomic E-state index is 12.5. The van der Waals surface area contributed by atoms with Crippen LogP contribution < -0.4 is 10.0 Å². The number of halogens is 1. The summed E-state index contributed by atoms with van der Waals surface area (Å²) >= 11 is 5.89. The van der Waals surface area contributed by atoms with Gasteiger partial charge < -0.3 is 5.32 Å². The van der Waals surface area contributed by atoms with Gasteiger partial charge in [0.25, 0.3) is 0 Å². The van der Waals surface area contributed by atoms with Crippen molar-refractivity contribution in [3.8, 4) is 0 Å². The average molecular weight is 387 g/mol. The molecule has 1 saturated carbocycles. The van der Waals surface area contributed by atoms with Crippen LogP contribution in [0.1, 0.15) is 63.0 Å². The number of carbonyl (C=O) groups excluding carboxylic acids is 1. The molecular formula is C18H27ClN2O3S. The van der Waals surface area contributed by atoms with Gasteiger partial charge in [0.2, 0.25) is 15.9 Å². The first-order valence-electron chi connectivity index (χ1n) is 8.85. The number of rotatable bonds is 6. The van der Waals surface area contributed by atoms with Crippen molar-refractivity contribution < 1.29 is 13.2 Å². The van der Waals surface area contributed by atoms with Crippen LogP contribution in [-0.2, 0) is 14.8 Å². The largest absolute Gasteiger partial charge is 0.353 e. The molecule has 2 rings (SSSR count). The van der Waals surface area contributed by atoms with E-state index in [4.69, 9.17) is 11.6 Å². The van der Waals surface area contributed by atoms with Crippen LogP contribution in [0.3, 0.4) is 0 Å². The molecule has 25 heavy (non-hydrogen) atoms. The zero-order valence-corrected chi connectivity index (χ0v) is 16.2. The predicted molar refractivity (Wildman–Crippen MR) is 101 cm³/mol. The summed E-state index contributed by atoms with van der Waals surface area (Å²) in [6.07, 6.45) is 9.14. The normalized spacial score (nSPS) is 18.2. The standard InChI is InChI=1S/C18H27ClN2O3S/c1-25(23,24)21-17(14-9-11-15(19)12-10-14)13-18(22)20-16-7-5-3-2-4-6-8-16/h9-12,16-17,21H,2-8,13H2,1H3,(H,20,22)/t17-/m0/s1. The molecule has 1 fully saturated rings. The highest BCUT2D eigenvalue weighted by molar-refractivity contribution is 7.88. The lowest BCUT2D eigenvalue weighted by Crippen LogP contribution is -2.38. The molecule has 0 spiro atoms. The fourth-order valence-electron chi connectivity index (χ4n) is 3.25. The van der Waals surface area contributed by atoms with Crippen LogP contribution >= 0.6 is 11.6 Å². The highest BCUT2D eigenvalue weighted by Gasteiger charge is 2.22. The van der Waals surface area contributed by atoms with E-state index in [9.17, 15) is 13.2 Å². The third-order valence-corrected chi connectivity index (χ3v) is 5.45. The van der Waals surface area contributed by atoms with Crippen LogP contribution in [0, 0.1) is 0 Å². The maximum absolute atomic E-state index is 12.5. The summed E-state index contributed by atoms with van der Waals surface area (Å²) in [6.45, 7) is 0. The van der Waals surface area contributed by atoms with Crippen molar-refractivity contribution in [3.63, 3.8) is 0 Å². The van der Waals surface area contributed by atoms with Gasteiger partial charge in [0, 0.05) is 17.5 Å². The van der Waals surface area contributed by atoms with E-state index in [0.717, 1.165) is 37.5 Å². The first kappa shape index (κ1) is 20.2. The minimum atomic E-state index is -3.43. The summed E-state index contributed by atoms with van der Waals surface area (Å²) < 4.78 is 25.9. The fraction of sp³-hybridized carbons (Fsp3) is 0.611. The Labute approximate surface area is 155 Å². The third-order valence-electron chi connectivity index (χ3n) is 4.49. The van der Waals surface area contributed by atoms with Gasteiger partial charge in [-0.15, -0.1) is 0 Å². The zero-order valence-electron chi connectivity index (χ0n) is 14.6. The summed E-state index contributed by atoms with van der Waals surface area (Å²) in [4.78, 5) is 12.5. The molecule has 0 radical (unpaired) electrons. The minimum Gasteiger partial charge on any atom is -0.353 e. The van der Waals surface area contributed by atoms with Crippen molar-refractivity contribution in [1.29, 1.82) is 0 Å². The summed E-state index contributed by atoms with van der Waals surface area (Å²) in [5, 5.41) is 3.65. The van der Waals surface area contributed by atoms with E-state index in [-0.39, 0.29) is 18.4 Å². The monoisotopic (exact) mass is 386 g/mol. The number of carbonyl (C=O) groups is 1. The zero-order chi connectivity index (χ0) is 18.3. The molecule has 1 aliphatic rings. The molecule has 0 saturated heterocycles. The minimum absolute atomic E-state index is 0.0746. The molecule has 0 aliphatic heterocycles. The second-order valence-corrected chi connectivity index (χ2v) is 9.02. The number of nitrogens with one attached hydrogen (secondary N) is 2. The summed E-state index contributed by atoms with van der Waals surface area (Å²) in [5.74, 6) is -0.123. The number of sulfonamides is 1.